The topological polar surface area (TPSA) is 19.6 Å². The van der Waals surface area contributed by atoms with Crippen molar-refractivity contribution in [2.45, 2.75) is 168 Å². The van der Waals surface area contributed by atoms with Gasteiger partial charge in [0.2, 0.25) is 0 Å². The average molecular weight is 945 g/mol. The second-order valence-corrected chi connectivity index (χ2v) is 27.0. The normalized spacial score (nSPS) is 20.1. The lowest BCUT2D eigenvalue weighted by Crippen LogP contribution is -2.62. The summed E-state index contributed by atoms with van der Waals surface area (Å²) >= 11 is 0. The molecular weight excluding hydrogens is 872 g/mol. The van der Waals surface area contributed by atoms with Gasteiger partial charge in [-0.15, -0.1) is 0 Å². The molecule has 4 heteroatoms. The van der Waals surface area contributed by atoms with Gasteiger partial charge in [0, 0.05) is 44.9 Å². The van der Waals surface area contributed by atoms with Crippen LogP contribution in [0, 0.1) is 13.8 Å². The molecule has 0 amide bonds. The van der Waals surface area contributed by atoms with Crippen LogP contribution in [-0.2, 0) is 32.5 Å². The first-order valence-corrected chi connectivity index (χ1v) is 27.2. The summed E-state index contributed by atoms with van der Waals surface area (Å²) in [5.41, 5.74) is 28.2. The van der Waals surface area contributed by atoms with E-state index >= 15 is 0 Å². The molecule has 364 valence electrons. The SMILES string of the molecule is Cc1cc2c3c(c1)N(c1cc4c(cc1C)C(C)(C)CCC4(C)C)c1ccc(-c4cccc5oc6ccccc6c45)cc1B3c1cc3c(cc1N2c1ccc2c(c1)C(C)(C)CCC2(C)C)C(C)(C)CCC3(C)C. The molecule has 0 bridgehead atoms. The summed E-state index contributed by atoms with van der Waals surface area (Å²) in [6.45, 7) is 34.4. The molecule has 0 spiro atoms. The molecular formula is C68H73BN2O. The standard InChI is InChI=1S/C68H73BN2O/c1-40-32-57-62-58(33-40)71(55-38-50-47(34-41(55)2)64(5,6)28-30-67(50,11)12)54-25-22-42(44-19-17-21-60-61(44)45-18-15-16-20-59(45)72-60)35-52(54)69(62)53-37-49-51(68(13,14)31-29-66(49,9)10)39-56(53)70(57)43-23-24-46-48(36-43)65(7,8)27-26-63(46,3)4/h15-25,32-39H,26-31H2,1-14H3. The van der Waals surface area contributed by atoms with Crippen LogP contribution >= 0.6 is 0 Å². The van der Waals surface area contributed by atoms with Crippen LogP contribution in [0.4, 0.5) is 34.1 Å². The molecule has 7 aromatic carbocycles. The van der Waals surface area contributed by atoms with Crippen LogP contribution in [0.5, 0.6) is 0 Å². The summed E-state index contributed by atoms with van der Waals surface area (Å²) in [6.07, 6.45) is 7.07. The number of hydrogen-bond acceptors (Lipinski definition) is 3. The summed E-state index contributed by atoms with van der Waals surface area (Å²) in [7, 11) is 0. The lowest BCUT2D eigenvalue weighted by atomic mass is 9.33. The molecule has 0 fully saturated rings. The lowest BCUT2D eigenvalue weighted by Gasteiger charge is -2.48. The van der Waals surface area contributed by atoms with Crippen molar-refractivity contribution in [2.24, 2.45) is 0 Å². The number of benzene rings is 7. The zero-order chi connectivity index (χ0) is 50.4. The van der Waals surface area contributed by atoms with E-state index in [4.69, 9.17) is 4.42 Å². The van der Waals surface area contributed by atoms with E-state index in [1.165, 1.54) is 150 Å². The van der Waals surface area contributed by atoms with Crippen LogP contribution in [0.2, 0.25) is 0 Å². The first-order chi connectivity index (χ1) is 34.0. The predicted octanol–water partition coefficient (Wildman–Crippen LogP) is 17.0. The minimum atomic E-state index is -0.0132. The van der Waals surface area contributed by atoms with Crippen LogP contribution in [0.1, 0.15) is 166 Å². The molecule has 0 saturated heterocycles. The van der Waals surface area contributed by atoms with Gasteiger partial charge in [-0.25, -0.2) is 0 Å². The maximum absolute atomic E-state index is 6.55. The third kappa shape index (κ3) is 6.48. The van der Waals surface area contributed by atoms with Gasteiger partial charge in [0.25, 0.3) is 6.71 Å². The van der Waals surface area contributed by atoms with Gasteiger partial charge in [0.1, 0.15) is 11.2 Å². The molecule has 3 nitrogen and oxygen atoms in total. The van der Waals surface area contributed by atoms with E-state index in [0.29, 0.717) is 0 Å². The number of anilines is 6. The predicted molar refractivity (Wildman–Crippen MR) is 309 cm³/mol. The highest BCUT2D eigenvalue weighted by Gasteiger charge is 2.48. The van der Waals surface area contributed by atoms with Crippen molar-refractivity contribution in [3.8, 4) is 11.1 Å². The van der Waals surface area contributed by atoms with Gasteiger partial charge in [-0.2, -0.15) is 0 Å². The van der Waals surface area contributed by atoms with E-state index in [-0.39, 0.29) is 39.2 Å². The summed E-state index contributed by atoms with van der Waals surface area (Å²) in [4.78, 5) is 5.40. The first-order valence-electron chi connectivity index (χ1n) is 27.2. The fourth-order valence-electron chi connectivity index (χ4n) is 14.6. The number of aryl methyl sites for hydroxylation is 2. The number of hydrogen-bond donors (Lipinski definition) is 0. The van der Waals surface area contributed by atoms with Crippen molar-refractivity contribution in [1.29, 1.82) is 0 Å². The Bertz CT molecular complexity index is 3650. The zero-order valence-electron chi connectivity index (χ0n) is 45.6. The van der Waals surface area contributed by atoms with Crippen LogP contribution in [0.25, 0.3) is 33.1 Å². The highest BCUT2D eigenvalue weighted by atomic mass is 16.3. The molecule has 0 N–H and O–H groups in total. The molecule has 72 heavy (non-hydrogen) atoms. The van der Waals surface area contributed by atoms with Crippen molar-refractivity contribution in [2.75, 3.05) is 9.80 Å². The summed E-state index contributed by atoms with van der Waals surface area (Å²) in [5.74, 6) is 0. The number of rotatable bonds is 3. The first kappa shape index (κ1) is 45.8. The minimum absolute atomic E-state index is 0.0132. The Labute approximate surface area is 430 Å². The maximum atomic E-state index is 6.55. The smallest absolute Gasteiger partial charge is 0.252 e. The van der Waals surface area contributed by atoms with Crippen LogP contribution < -0.4 is 26.2 Å². The van der Waals surface area contributed by atoms with E-state index in [1.807, 2.05) is 0 Å². The Kier molecular flexibility index (Phi) is 9.44. The van der Waals surface area contributed by atoms with Crippen LogP contribution in [0.3, 0.4) is 0 Å². The Morgan fingerprint density at radius 1 is 0.417 bits per heavy atom. The van der Waals surface area contributed by atoms with Crippen molar-refractivity contribution in [3.63, 3.8) is 0 Å². The third-order valence-corrected chi connectivity index (χ3v) is 19.4. The highest BCUT2D eigenvalue weighted by Crippen LogP contribution is 2.55. The third-order valence-electron chi connectivity index (χ3n) is 19.4. The van der Waals surface area contributed by atoms with Crippen LogP contribution in [-0.4, -0.2) is 6.71 Å². The van der Waals surface area contributed by atoms with Gasteiger partial charge in [-0.3, -0.25) is 0 Å². The fraction of sp³-hybridized carbons (Fsp3) is 0.382. The monoisotopic (exact) mass is 945 g/mol. The number of nitrogens with zero attached hydrogens (tertiary/aromatic N) is 2. The van der Waals surface area contributed by atoms with Crippen molar-refractivity contribution in [1.82, 2.24) is 0 Å². The number of furan rings is 1. The van der Waals surface area contributed by atoms with Crippen LogP contribution in [0.15, 0.2) is 120 Å². The molecule has 1 aromatic heterocycles. The molecule has 3 aliphatic carbocycles. The zero-order valence-corrected chi connectivity index (χ0v) is 45.6. The molecule has 0 radical (unpaired) electrons. The molecule has 0 saturated carbocycles. The Balaban J connectivity index is 1.15. The second kappa shape index (κ2) is 14.8. The highest BCUT2D eigenvalue weighted by molar-refractivity contribution is 7.00. The Morgan fingerprint density at radius 2 is 0.944 bits per heavy atom. The summed E-state index contributed by atoms with van der Waals surface area (Å²) in [5, 5.41) is 2.34. The Morgan fingerprint density at radius 3 is 1.60 bits per heavy atom. The van der Waals surface area contributed by atoms with E-state index in [0.717, 1.165) is 16.6 Å². The molecule has 13 rings (SSSR count). The second-order valence-electron chi connectivity index (χ2n) is 27.0. The number of fused-ring (bicyclic) bond motifs is 10. The minimum Gasteiger partial charge on any atom is -0.456 e. The molecule has 3 heterocycles. The summed E-state index contributed by atoms with van der Waals surface area (Å²) in [6, 6.07) is 45.7. The quantitative estimate of drug-likeness (QED) is 0.165. The molecule has 8 aromatic rings. The maximum Gasteiger partial charge on any atom is 0.252 e. The lowest BCUT2D eigenvalue weighted by molar-refractivity contribution is 0.332. The fourth-order valence-corrected chi connectivity index (χ4v) is 14.6. The van der Waals surface area contributed by atoms with E-state index in [1.54, 1.807) is 0 Å². The van der Waals surface area contributed by atoms with E-state index in [2.05, 4.69) is 222 Å². The van der Waals surface area contributed by atoms with Crippen molar-refractivity contribution >= 4 is 79.2 Å². The van der Waals surface area contributed by atoms with E-state index in [9.17, 15) is 0 Å². The van der Waals surface area contributed by atoms with Gasteiger partial charge in [-0.05, 0) is 211 Å². The van der Waals surface area contributed by atoms with Gasteiger partial charge < -0.3 is 14.2 Å². The largest absolute Gasteiger partial charge is 0.456 e. The number of para-hydroxylation sites is 1. The van der Waals surface area contributed by atoms with Gasteiger partial charge in [0.05, 0.1) is 0 Å². The van der Waals surface area contributed by atoms with Gasteiger partial charge >= 0.3 is 0 Å². The summed E-state index contributed by atoms with van der Waals surface area (Å²) < 4.78 is 6.55. The Hall–Kier alpha value is -6.00. The van der Waals surface area contributed by atoms with Crippen molar-refractivity contribution < 1.29 is 4.42 Å². The molecule has 0 unspecified atom stereocenters. The van der Waals surface area contributed by atoms with Gasteiger partial charge in [0.15, 0.2) is 0 Å². The average Bonchev–Trinajstić information content (AvgIpc) is 3.72. The molecule has 2 aliphatic heterocycles. The van der Waals surface area contributed by atoms with Crippen molar-refractivity contribution in [3.05, 3.63) is 160 Å². The molecule has 0 atom stereocenters. The molecule has 5 aliphatic rings. The van der Waals surface area contributed by atoms with E-state index < -0.39 is 0 Å². The van der Waals surface area contributed by atoms with Gasteiger partial charge in [-0.1, -0.05) is 144 Å².